The van der Waals surface area contributed by atoms with Crippen LogP contribution in [0.25, 0.3) is 0 Å². The Kier molecular flexibility index (Phi) is 6.42. The number of aliphatic hydroxyl groups is 3. The monoisotopic (exact) mass is 406 g/mol. The summed E-state index contributed by atoms with van der Waals surface area (Å²) in [5, 5.41) is 32.6. The fourth-order valence-electron chi connectivity index (χ4n) is 8.93. The van der Waals surface area contributed by atoms with E-state index in [0.29, 0.717) is 29.6 Å². The van der Waals surface area contributed by atoms with Crippen molar-refractivity contribution in [3.05, 3.63) is 0 Å². The van der Waals surface area contributed by atoms with Crippen LogP contribution in [0.3, 0.4) is 0 Å². The van der Waals surface area contributed by atoms with Crippen molar-refractivity contribution in [2.24, 2.45) is 40.9 Å². The van der Waals surface area contributed by atoms with Crippen molar-refractivity contribution < 1.29 is 15.3 Å². The average Bonchev–Trinajstić information content (AvgIpc) is 3.04. The lowest BCUT2D eigenvalue weighted by molar-refractivity contribution is -0.143. The molecule has 29 heavy (non-hydrogen) atoms. The van der Waals surface area contributed by atoms with E-state index in [1.807, 2.05) is 0 Å². The van der Waals surface area contributed by atoms with Gasteiger partial charge in [0.05, 0.1) is 17.8 Å². The third-order valence-electron chi connectivity index (χ3n) is 10.3. The van der Waals surface area contributed by atoms with Crippen LogP contribution in [-0.2, 0) is 0 Å². The maximum absolute atomic E-state index is 11.5. The summed E-state index contributed by atoms with van der Waals surface area (Å²) >= 11 is 0. The average molecular weight is 407 g/mol. The van der Waals surface area contributed by atoms with Gasteiger partial charge in [-0.05, 0) is 106 Å². The van der Waals surface area contributed by atoms with Gasteiger partial charge in [0.15, 0.2) is 0 Å². The van der Waals surface area contributed by atoms with Crippen LogP contribution in [0.5, 0.6) is 0 Å². The van der Waals surface area contributed by atoms with Crippen molar-refractivity contribution in [1.82, 2.24) is 0 Å². The first-order valence-corrected chi connectivity index (χ1v) is 12.9. The molecule has 0 amide bonds. The van der Waals surface area contributed by atoms with Crippen LogP contribution in [0.1, 0.15) is 104 Å². The van der Waals surface area contributed by atoms with Gasteiger partial charge < -0.3 is 15.3 Å². The van der Waals surface area contributed by atoms with Gasteiger partial charge >= 0.3 is 0 Å². The van der Waals surface area contributed by atoms with Crippen LogP contribution in [-0.4, -0.2) is 33.1 Å². The van der Waals surface area contributed by atoms with E-state index in [0.717, 1.165) is 50.9 Å². The zero-order valence-electron chi connectivity index (χ0n) is 19.2. The topological polar surface area (TPSA) is 60.7 Å². The molecule has 0 spiro atoms. The SMILES string of the molecule is CCCCCC[C@](C)(O)[C@H]1CC[C@H]2[C@@H]3C[C@H](O)[C@H]4C[C@@H](O)CCC4[C@H]3CC[C@@]21C. The zero-order valence-corrected chi connectivity index (χ0v) is 19.2. The van der Waals surface area contributed by atoms with Crippen molar-refractivity contribution in [3.63, 3.8) is 0 Å². The zero-order chi connectivity index (χ0) is 20.8. The molecule has 10 atom stereocenters. The van der Waals surface area contributed by atoms with Crippen LogP contribution in [0.4, 0.5) is 0 Å². The van der Waals surface area contributed by atoms with Crippen molar-refractivity contribution in [1.29, 1.82) is 0 Å². The van der Waals surface area contributed by atoms with E-state index >= 15 is 0 Å². The number of aliphatic hydroxyl groups excluding tert-OH is 2. The lowest BCUT2D eigenvalue weighted by atomic mass is 9.48. The number of unbranched alkanes of at least 4 members (excludes halogenated alkanes) is 3. The molecule has 0 heterocycles. The summed E-state index contributed by atoms with van der Waals surface area (Å²) in [5.74, 6) is 3.37. The summed E-state index contributed by atoms with van der Waals surface area (Å²) in [5.41, 5.74) is -0.314. The predicted octanol–water partition coefficient (Wildman–Crippen LogP) is 5.31. The molecule has 4 aliphatic carbocycles. The van der Waals surface area contributed by atoms with E-state index in [4.69, 9.17) is 0 Å². The van der Waals surface area contributed by atoms with Crippen molar-refractivity contribution >= 4 is 0 Å². The molecule has 3 N–H and O–H groups in total. The van der Waals surface area contributed by atoms with Crippen LogP contribution >= 0.6 is 0 Å². The predicted molar refractivity (Wildman–Crippen MR) is 117 cm³/mol. The number of hydrogen-bond donors (Lipinski definition) is 3. The highest BCUT2D eigenvalue weighted by atomic mass is 16.3. The number of fused-ring (bicyclic) bond motifs is 5. The van der Waals surface area contributed by atoms with Crippen LogP contribution in [0.2, 0.25) is 0 Å². The number of hydrogen-bond acceptors (Lipinski definition) is 3. The van der Waals surface area contributed by atoms with Gasteiger partial charge in [-0.25, -0.2) is 0 Å². The van der Waals surface area contributed by atoms with Crippen molar-refractivity contribution in [2.45, 2.75) is 122 Å². The Morgan fingerprint density at radius 3 is 2.38 bits per heavy atom. The molecule has 0 aromatic rings. The fraction of sp³-hybridized carbons (Fsp3) is 1.00. The van der Waals surface area contributed by atoms with Crippen molar-refractivity contribution in [3.8, 4) is 0 Å². The summed E-state index contributed by atoms with van der Waals surface area (Å²) in [4.78, 5) is 0. The molecule has 0 saturated heterocycles. The third kappa shape index (κ3) is 3.94. The second kappa shape index (κ2) is 8.43. The smallest absolute Gasteiger partial charge is 0.0653 e. The maximum atomic E-state index is 11.5. The first kappa shape index (κ1) is 22.1. The molecule has 168 valence electrons. The second-order valence-electron chi connectivity index (χ2n) is 11.9. The maximum Gasteiger partial charge on any atom is 0.0653 e. The largest absolute Gasteiger partial charge is 0.393 e. The van der Waals surface area contributed by atoms with Crippen LogP contribution in [0, 0.1) is 40.9 Å². The summed E-state index contributed by atoms with van der Waals surface area (Å²) in [6, 6.07) is 0. The third-order valence-corrected chi connectivity index (χ3v) is 10.3. The lowest BCUT2D eigenvalue weighted by Gasteiger charge is -2.58. The minimum atomic E-state index is -0.547. The lowest BCUT2D eigenvalue weighted by Crippen LogP contribution is -2.55. The number of rotatable bonds is 6. The molecule has 3 heteroatoms. The fourth-order valence-corrected chi connectivity index (χ4v) is 8.93. The summed E-state index contributed by atoms with van der Waals surface area (Å²) in [7, 11) is 0. The van der Waals surface area contributed by atoms with E-state index < -0.39 is 5.60 Å². The standard InChI is InChI=1S/C26H46O3/c1-4-5-6-7-13-26(3,29)24-11-10-22-20-16-23(28)21-15-17(27)8-9-18(21)19(20)12-14-25(22,24)2/h17-24,27-29H,4-16H2,1-3H3/t17-,18?,19+,20+,21-,22-,23-,24-,25-,26-/m0/s1. The molecule has 4 aliphatic rings. The molecule has 4 rings (SSSR count). The molecule has 0 aromatic carbocycles. The Labute approximate surface area is 178 Å². The Morgan fingerprint density at radius 1 is 0.862 bits per heavy atom. The van der Waals surface area contributed by atoms with E-state index in [9.17, 15) is 15.3 Å². The first-order valence-electron chi connectivity index (χ1n) is 12.9. The quantitative estimate of drug-likeness (QED) is 0.524. The Balaban J connectivity index is 1.48. The van der Waals surface area contributed by atoms with Crippen molar-refractivity contribution in [2.75, 3.05) is 0 Å². The van der Waals surface area contributed by atoms with Crippen LogP contribution in [0.15, 0.2) is 0 Å². The van der Waals surface area contributed by atoms with Gasteiger partial charge in [0.2, 0.25) is 0 Å². The minimum Gasteiger partial charge on any atom is -0.393 e. The van der Waals surface area contributed by atoms with E-state index in [1.165, 1.54) is 38.5 Å². The van der Waals surface area contributed by atoms with E-state index in [-0.39, 0.29) is 17.6 Å². The Morgan fingerprint density at radius 2 is 1.62 bits per heavy atom. The molecular weight excluding hydrogens is 360 g/mol. The molecule has 4 fully saturated rings. The molecule has 4 saturated carbocycles. The molecule has 0 aliphatic heterocycles. The molecule has 0 radical (unpaired) electrons. The first-order chi connectivity index (χ1) is 13.8. The van der Waals surface area contributed by atoms with Gasteiger partial charge in [0.1, 0.15) is 0 Å². The molecule has 3 nitrogen and oxygen atoms in total. The highest BCUT2D eigenvalue weighted by molar-refractivity contribution is 5.10. The van der Waals surface area contributed by atoms with Gasteiger partial charge in [0.25, 0.3) is 0 Å². The summed E-state index contributed by atoms with van der Waals surface area (Å²) < 4.78 is 0. The summed E-state index contributed by atoms with van der Waals surface area (Å²) in [6.07, 6.45) is 14.1. The van der Waals surface area contributed by atoms with Crippen LogP contribution < -0.4 is 0 Å². The van der Waals surface area contributed by atoms with Gasteiger partial charge in [-0.3, -0.25) is 0 Å². The van der Waals surface area contributed by atoms with Gasteiger partial charge in [-0.1, -0.05) is 39.5 Å². The van der Waals surface area contributed by atoms with E-state index in [2.05, 4.69) is 20.8 Å². The summed E-state index contributed by atoms with van der Waals surface area (Å²) in [6.45, 7) is 6.85. The minimum absolute atomic E-state index is 0.199. The highest BCUT2D eigenvalue weighted by Crippen LogP contribution is 2.66. The molecule has 0 bridgehead atoms. The Bertz CT molecular complexity index is 560. The van der Waals surface area contributed by atoms with Gasteiger partial charge in [-0.15, -0.1) is 0 Å². The highest BCUT2D eigenvalue weighted by Gasteiger charge is 2.61. The van der Waals surface area contributed by atoms with Gasteiger partial charge in [-0.2, -0.15) is 0 Å². The van der Waals surface area contributed by atoms with E-state index in [1.54, 1.807) is 0 Å². The molecule has 0 aromatic heterocycles. The second-order valence-corrected chi connectivity index (χ2v) is 11.9. The Hall–Kier alpha value is -0.120. The molecule has 1 unspecified atom stereocenters. The van der Waals surface area contributed by atoms with Gasteiger partial charge in [0, 0.05) is 0 Å². The molecular formula is C26H46O3. The normalized spacial score (nSPS) is 49.0.